The Labute approximate surface area is 165 Å². The molecule has 0 saturated carbocycles. The maximum absolute atomic E-state index is 13.3. The van der Waals surface area contributed by atoms with E-state index in [1.807, 2.05) is 0 Å². The van der Waals surface area contributed by atoms with Crippen LogP contribution in [0, 0.1) is 0 Å². The third kappa shape index (κ3) is 3.93. The molecule has 0 bridgehead atoms. The molecule has 1 aromatic carbocycles. The van der Waals surface area contributed by atoms with Gasteiger partial charge in [-0.15, -0.1) is 11.3 Å². The number of carboxylic acids is 1. The first-order valence-electron chi connectivity index (χ1n) is 7.79. The highest BCUT2D eigenvalue weighted by Gasteiger charge is 2.39. The molecule has 1 aliphatic heterocycles. The summed E-state index contributed by atoms with van der Waals surface area (Å²) in [5.74, 6) is -0.965. The van der Waals surface area contributed by atoms with Crippen LogP contribution in [0.3, 0.4) is 0 Å². The second-order valence-electron chi connectivity index (χ2n) is 6.02. The molecule has 2 aromatic rings. The summed E-state index contributed by atoms with van der Waals surface area (Å²) < 4.78 is 40.7. The number of rotatable bonds is 4. The summed E-state index contributed by atoms with van der Waals surface area (Å²) in [5.41, 5.74) is -0.535. The normalized spacial score (nSPS) is 19.7. The van der Waals surface area contributed by atoms with E-state index in [4.69, 9.17) is 11.6 Å². The lowest BCUT2D eigenvalue weighted by Gasteiger charge is -2.31. The van der Waals surface area contributed by atoms with Gasteiger partial charge in [0.05, 0.1) is 20.4 Å². The summed E-state index contributed by atoms with van der Waals surface area (Å²) in [4.78, 5) is 14.1. The Morgan fingerprint density at radius 2 is 2.08 bits per heavy atom. The molecular weight excluding hydrogens is 455 g/mol. The maximum atomic E-state index is 13.3. The van der Waals surface area contributed by atoms with E-state index in [1.165, 1.54) is 23.5 Å². The lowest BCUT2D eigenvalue weighted by molar-refractivity contribution is -0.143. The average Bonchev–Trinajstić information content (AvgIpc) is 3.18. The summed E-state index contributed by atoms with van der Waals surface area (Å²) in [6.07, 6.45) is -3.43. The minimum Gasteiger partial charge on any atom is -0.480 e. The van der Waals surface area contributed by atoms with Crippen molar-refractivity contribution in [2.24, 2.45) is 0 Å². The first-order chi connectivity index (χ1) is 12.2. The first-order valence-corrected chi connectivity index (χ1v) is 9.77. The van der Waals surface area contributed by atoms with E-state index in [-0.39, 0.29) is 5.02 Å². The van der Waals surface area contributed by atoms with Crippen molar-refractivity contribution in [3.8, 4) is 0 Å². The Hall–Kier alpha value is -1.09. The molecule has 3 rings (SSSR count). The SMILES string of the molecule is O=C(O)C1CCCN1C(c1ccc(Cl)c(C(F)(F)F)c1)c1ccc(Br)s1. The molecule has 0 amide bonds. The highest BCUT2D eigenvalue weighted by atomic mass is 79.9. The Kier molecular flexibility index (Phi) is 5.67. The standard InChI is InChI=1S/C17H14BrClF3NO2S/c18-14-6-5-13(26-14)15(23-7-1-2-12(23)16(24)25)9-3-4-11(19)10(8-9)17(20,21)22/h3-6,8,12,15H,1-2,7H2,(H,24,25). The van der Waals surface area contributed by atoms with Crippen LogP contribution in [0.15, 0.2) is 34.1 Å². The minimum absolute atomic E-state index is 0.372. The molecule has 1 aromatic heterocycles. The number of carbonyl (C=O) groups is 1. The van der Waals surface area contributed by atoms with Gasteiger partial charge in [-0.05, 0) is 58.6 Å². The Morgan fingerprint density at radius 1 is 1.35 bits per heavy atom. The smallest absolute Gasteiger partial charge is 0.417 e. The third-order valence-electron chi connectivity index (χ3n) is 4.39. The highest BCUT2D eigenvalue weighted by molar-refractivity contribution is 9.11. The van der Waals surface area contributed by atoms with Crippen LogP contribution in [0.5, 0.6) is 0 Å². The van der Waals surface area contributed by atoms with Gasteiger partial charge in [0, 0.05) is 11.4 Å². The van der Waals surface area contributed by atoms with Crippen molar-refractivity contribution >= 4 is 44.8 Å². The lowest BCUT2D eigenvalue weighted by Crippen LogP contribution is -2.39. The Morgan fingerprint density at radius 3 is 2.65 bits per heavy atom. The predicted molar refractivity (Wildman–Crippen MR) is 97.7 cm³/mol. The fourth-order valence-electron chi connectivity index (χ4n) is 3.29. The molecule has 1 N–H and O–H groups in total. The maximum Gasteiger partial charge on any atom is 0.417 e. The van der Waals surface area contributed by atoms with Gasteiger partial charge in [-0.25, -0.2) is 0 Å². The molecule has 2 unspecified atom stereocenters. The van der Waals surface area contributed by atoms with E-state index in [2.05, 4.69) is 15.9 Å². The van der Waals surface area contributed by atoms with Gasteiger partial charge in [0.25, 0.3) is 0 Å². The zero-order valence-electron chi connectivity index (χ0n) is 13.3. The molecule has 140 valence electrons. The number of benzene rings is 1. The van der Waals surface area contributed by atoms with E-state index in [0.29, 0.717) is 24.9 Å². The summed E-state index contributed by atoms with van der Waals surface area (Å²) >= 11 is 10.5. The number of hydrogen-bond acceptors (Lipinski definition) is 3. The van der Waals surface area contributed by atoms with Crippen molar-refractivity contribution in [1.29, 1.82) is 0 Å². The van der Waals surface area contributed by atoms with E-state index in [0.717, 1.165) is 14.7 Å². The molecule has 3 nitrogen and oxygen atoms in total. The molecule has 1 saturated heterocycles. The van der Waals surface area contributed by atoms with E-state index in [1.54, 1.807) is 17.0 Å². The number of likely N-dealkylation sites (tertiary alicyclic amines) is 1. The summed E-state index contributed by atoms with van der Waals surface area (Å²) in [6.45, 7) is 0.501. The molecule has 9 heteroatoms. The molecule has 2 heterocycles. The van der Waals surface area contributed by atoms with Gasteiger partial charge < -0.3 is 5.11 Å². The number of thiophene rings is 1. The fourth-order valence-corrected chi connectivity index (χ4v) is 5.09. The second kappa shape index (κ2) is 7.50. The fraction of sp³-hybridized carbons (Fsp3) is 0.353. The Bertz CT molecular complexity index is 827. The Balaban J connectivity index is 2.11. The van der Waals surface area contributed by atoms with Crippen molar-refractivity contribution in [3.05, 3.63) is 55.1 Å². The van der Waals surface area contributed by atoms with Gasteiger partial charge >= 0.3 is 12.1 Å². The van der Waals surface area contributed by atoms with Crippen LogP contribution in [-0.4, -0.2) is 28.6 Å². The van der Waals surface area contributed by atoms with Gasteiger partial charge in [0.2, 0.25) is 0 Å². The van der Waals surface area contributed by atoms with Crippen LogP contribution >= 0.6 is 38.9 Å². The topological polar surface area (TPSA) is 40.5 Å². The van der Waals surface area contributed by atoms with Crippen molar-refractivity contribution in [3.63, 3.8) is 0 Å². The van der Waals surface area contributed by atoms with Crippen LogP contribution in [-0.2, 0) is 11.0 Å². The first kappa shape index (κ1) is 19.7. The minimum atomic E-state index is -4.58. The molecule has 0 spiro atoms. The molecule has 0 radical (unpaired) electrons. The lowest BCUT2D eigenvalue weighted by atomic mass is 10.00. The van der Waals surface area contributed by atoms with Crippen molar-refractivity contribution in [2.75, 3.05) is 6.54 Å². The molecule has 1 aliphatic rings. The summed E-state index contributed by atoms with van der Waals surface area (Å²) in [7, 11) is 0. The largest absolute Gasteiger partial charge is 0.480 e. The van der Waals surface area contributed by atoms with Crippen molar-refractivity contribution in [1.82, 2.24) is 4.90 Å². The molecule has 26 heavy (non-hydrogen) atoms. The number of carboxylic acid groups (broad SMARTS) is 1. The number of halogens is 5. The summed E-state index contributed by atoms with van der Waals surface area (Å²) in [6, 6.07) is 6.09. The van der Waals surface area contributed by atoms with Crippen molar-refractivity contribution < 1.29 is 23.1 Å². The number of alkyl halides is 3. The molecule has 0 aliphatic carbocycles. The summed E-state index contributed by atoms with van der Waals surface area (Å²) in [5, 5.41) is 9.14. The zero-order valence-corrected chi connectivity index (χ0v) is 16.4. The van der Waals surface area contributed by atoms with Crippen LogP contribution in [0.4, 0.5) is 13.2 Å². The number of aliphatic carboxylic acids is 1. The molecule has 1 fully saturated rings. The van der Waals surface area contributed by atoms with Gasteiger partial charge in [-0.3, -0.25) is 9.69 Å². The molecular formula is C17H14BrClF3NO2S. The monoisotopic (exact) mass is 467 g/mol. The van der Waals surface area contributed by atoms with E-state index in [9.17, 15) is 23.1 Å². The van der Waals surface area contributed by atoms with Crippen molar-refractivity contribution in [2.45, 2.75) is 31.1 Å². The van der Waals surface area contributed by atoms with Crippen LogP contribution in [0.25, 0.3) is 0 Å². The van der Waals surface area contributed by atoms with Gasteiger partial charge in [0.15, 0.2) is 0 Å². The van der Waals surface area contributed by atoms with Gasteiger partial charge in [0.1, 0.15) is 6.04 Å². The van der Waals surface area contributed by atoms with Crippen LogP contribution in [0.1, 0.15) is 34.9 Å². The zero-order chi connectivity index (χ0) is 19.1. The predicted octanol–water partition coefficient (Wildman–Crippen LogP) is 5.82. The quantitative estimate of drug-likeness (QED) is 0.614. The highest BCUT2D eigenvalue weighted by Crippen LogP contribution is 2.42. The number of hydrogen-bond donors (Lipinski definition) is 1. The van der Waals surface area contributed by atoms with Gasteiger partial charge in [-0.1, -0.05) is 17.7 Å². The second-order valence-corrected chi connectivity index (χ2v) is 8.92. The van der Waals surface area contributed by atoms with E-state index < -0.39 is 29.8 Å². The van der Waals surface area contributed by atoms with Gasteiger partial charge in [-0.2, -0.15) is 13.2 Å². The number of nitrogens with zero attached hydrogens (tertiary/aromatic N) is 1. The van der Waals surface area contributed by atoms with Crippen LogP contribution < -0.4 is 0 Å². The average molecular weight is 469 g/mol. The third-order valence-corrected chi connectivity index (χ3v) is 6.39. The van der Waals surface area contributed by atoms with Crippen LogP contribution in [0.2, 0.25) is 5.02 Å². The van der Waals surface area contributed by atoms with E-state index >= 15 is 0 Å². The molecule has 2 atom stereocenters.